The van der Waals surface area contributed by atoms with Crippen molar-refractivity contribution in [2.45, 2.75) is 33.4 Å². The molecule has 0 fully saturated rings. The fourth-order valence-electron chi connectivity index (χ4n) is 2.03. The lowest BCUT2D eigenvalue weighted by Gasteiger charge is -2.25. The molecule has 5 nitrogen and oxygen atoms in total. The lowest BCUT2D eigenvalue weighted by molar-refractivity contribution is -0.117. The summed E-state index contributed by atoms with van der Waals surface area (Å²) in [6, 6.07) is 12.1. The molecule has 0 spiro atoms. The number of aromatic nitrogens is 1. The fraction of sp³-hybridized carbons (Fsp3) is 0.375. The molecule has 0 aliphatic heterocycles. The van der Waals surface area contributed by atoms with E-state index in [0.717, 1.165) is 6.54 Å². The van der Waals surface area contributed by atoms with E-state index in [1.54, 1.807) is 13.0 Å². The summed E-state index contributed by atoms with van der Waals surface area (Å²) >= 11 is 0. The largest absolute Gasteiger partial charge is 0.360 e. The van der Waals surface area contributed by atoms with Crippen LogP contribution in [0.2, 0.25) is 0 Å². The number of hydrogen-bond acceptors (Lipinski definition) is 4. The van der Waals surface area contributed by atoms with Gasteiger partial charge in [-0.25, -0.2) is 0 Å². The third-order valence-electron chi connectivity index (χ3n) is 3.20. The molecule has 112 valence electrons. The van der Waals surface area contributed by atoms with Crippen molar-refractivity contribution < 1.29 is 9.32 Å². The van der Waals surface area contributed by atoms with Crippen molar-refractivity contribution in [3.05, 3.63) is 47.7 Å². The van der Waals surface area contributed by atoms with Crippen molar-refractivity contribution in [2.75, 3.05) is 11.9 Å². The number of carbonyl (C=O) groups is 1. The molecule has 0 saturated carbocycles. The Morgan fingerprint density at radius 3 is 2.62 bits per heavy atom. The zero-order valence-electron chi connectivity index (χ0n) is 12.7. The first-order valence-corrected chi connectivity index (χ1v) is 7.05. The smallest absolute Gasteiger partial charge is 0.239 e. The van der Waals surface area contributed by atoms with Gasteiger partial charge in [0, 0.05) is 18.7 Å². The molecule has 1 aromatic carbocycles. The molecular formula is C16H21N3O2. The number of aryl methyl sites for hydroxylation is 1. The van der Waals surface area contributed by atoms with Crippen molar-refractivity contribution in [2.24, 2.45) is 0 Å². The van der Waals surface area contributed by atoms with Crippen LogP contribution in [0.3, 0.4) is 0 Å². The summed E-state index contributed by atoms with van der Waals surface area (Å²) in [5.41, 5.74) is 1.19. The predicted molar refractivity (Wildman–Crippen MR) is 81.9 cm³/mol. The number of nitrogens with zero attached hydrogens (tertiary/aromatic N) is 2. The molecule has 1 aromatic heterocycles. The summed E-state index contributed by atoms with van der Waals surface area (Å²) in [7, 11) is 0. The number of carbonyl (C=O) groups excluding carboxylic acids is 1. The maximum Gasteiger partial charge on any atom is 0.239 e. The van der Waals surface area contributed by atoms with E-state index < -0.39 is 0 Å². The highest BCUT2D eigenvalue weighted by Gasteiger charge is 2.15. The monoisotopic (exact) mass is 287 g/mol. The molecular weight excluding hydrogens is 266 g/mol. The Labute approximate surface area is 124 Å². The Morgan fingerprint density at radius 1 is 1.33 bits per heavy atom. The van der Waals surface area contributed by atoms with Crippen LogP contribution in [0.15, 0.2) is 40.9 Å². The van der Waals surface area contributed by atoms with E-state index in [1.807, 2.05) is 18.2 Å². The molecule has 5 heteroatoms. The summed E-state index contributed by atoms with van der Waals surface area (Å²) in [6.07, 6.45) is 0. The van der Waals surface area contributed by atoms with Crippen LogP contribution in [0.5, 0.6) is 0 Å². The number of amides is 1. The van der Waals surface area contributed by atoms with Crippen LogP contribution in [0.1, 0.15) is 25.2 Å². The molecule has 1 N–H and O–H groups in total. The molecule has 0 saturated heterocycles. The summed E-state index contributed by atoms with van der Waals surface area (Å²) in [5, 5.41) is 6.51. The second-order valence-electron chi connectivity index (χ2n) is 5.36. The van der Waals surface area contributed by atoms with E-state index in [1.165, 1.54) is 5.56 Å². The number of rotatable bonds is 6. The van der Waals surface area contributed by atoms with E-state index in [0.29, 0.717) is 18.1 Å². The molecule has 0 aliphatic rings. The van der Waals surface area contributed by atoms with Gasteiger partial charge in [-0.05, 0) is 26.3 Å². The first-order chi connectivity index (χ1) is 10.0. The van der Waals surface area contributed by atoms with Crippen LogP contribution >= 0.6 is 0 Å². The first kappa shape index (κ1) is 15.3. The van der Waals surface area contributed by atoms with Crippen molar-refractivity contribution >= 4 is 11.7 Å². The Balaban J connectivity index is 1.94. The van der Waals surface area contributed by atoms with Crippen LogP contribution < -0.4 is 5.32 Å². The normalized spacial score (nSPS) is 11.1. The minimum absolute atomic E-state index is 0.0899. The van der Waals surface area contributed by atoms with Crippen LogP contribution in [0.25, 0.3) is 0 Å². The van der Waals surface area contributed by atoms with Gasteiger partial charge in [0.1, 0.15) is 5.76 Å². The molecule has 0 radical (unpaired) electrons. The standard InChI is InChI=1S/C16H21N3O2/c1-12(2)19(10-14-7-5-4-6-8-14)11-16(20)17-15-9-13(3)21-18-15/h4-9,12H,10-11H2,1-3H3,(H,17,18,20). The maximum atomic E-state index is 12.1. The quantitative estimate of drug-likeness (QED) is 0.887. The molecule has 0 aliphatic carbocycles. The number of nitrogens with one attached hydrogen (secondary N) is 1. The van der Waals surface area contributed by atoms with Crippen LogP contribution in [0, 0.1) is 6.92 Å². The fourth-order valence-corrected chi connectivity index (χ4v) is 2.03. The van der Waals surface area contributed by atoms with Crippen molar-refractivity contribution in [1.82, 2.24) is 10.1 Å². The lowest BCUT2D eigenvalue weighted by Crippen LogP contribution is -2.37. The van der Waals surface area contributed by atoms with E-state index in [2.05, 4.69) is 41.4 Å². The second kappa shape index (κ2) is 7.04. The zero-order valence-corrected chi connectivity index (χ0v) is 12.7. The van der Waals surface area contributed by atoms with E-state index in [4.69, 9.17) is 4.52 Å². The van der Waals surface area contributed by atoms with Gasteiger partial charge in [-0.2, -0.15) is 0 Å². The van der Waals surface area contributed by atoms with Gasteiger partial charge in [0.05, 0.1) is 6.54 Å². The van der Waals surface area contributed by atoms with Gasteiger partial charge in [-0.3, -0.25) is 9.69 Å². The minimum Gasteiger partial charge on any atom is -0.360 e. The Bertz CT molecular complexity index is 578. The molecule has 2 rings (SSSR count). The van der Waals surface area contributed by atoms with Crippen LogP contribution in [-0.2, 0) is 11.3 Å². The van der Waals surface area contributed by atoms with Gasteiger partial charge in [0.2, 0.25) is 5.91 Å². The third kappa shape index (κ3) is 4.72. The highest BCUT2D eigenvalue weighted by Crippen LogP contribution is 2.10. The molecule has 0 bridgehead atoms. The van der Waals surface area contributed by atoms with Gasteiger partial charge in [-0.1, -0.05) is 35.5 Å². The van der Waals surface area contributed by atoms with Gasteiger partial charge >= 0.3 is 0 Å². The average molecular weight is 287 g/mol. The Hall–Kier alpha value is -2.14. The highest BCUT2D eigenvalue weighted by molar-refractivity contribution is 5.91. The molecule has 0 unspecified atom stereocenters. The highest BCUT2D eigenvalue weighted by atomic mass is 16.5. The lowest BCUT2D eigenvalue weighted by atomic mass is 10.2. The summed E-state index contributed by atoms with van der Waals surface area (Å²) in [5.74, 6) is 1.05. The maximum absolute atomic E-state index is 12.1. The van der Waals surface area contributed by atoms with Crippen LogP contribution in [0.4, 0.5) is 5.82 Å². The van der Waals surface area contributed by atoms with Crippen molar-refractivity contribution in [3.63, 3.8) is 0 Å². The average Bonchev–Trinajstić information content (AvgIpc) is 2.84. The van der Waals surface area contributed by atoms with E-state index in [-0.39, 0.29) is 11.9 Å². The topological polar surface area (TPSA) is 58.4 Å². The SMILES string of the molecule is Cc1cc(NC(=O)CN(Cc2ccccc2)C(C)C)no1. The predicted octanol–water partition coefficient (Wildman–Crippen LogP) is 2.83. The van der Waals surface area contributed by atoms with E-state index in [9.17, 15) is 4.79 Å². The molecule has 1 heterocycles. The summed E-state index contributed by atoms with van der Waals surface area (Å²) in [4.78, 5) is 14.2. The number of hydrogen-bond donors (Lipinski definition) is 1. The molecule has 0 atom stereocenters. The van der Waals surface area contributed by atoms with Gasteiger partial charge in [0.25, 0.3) is 0 Å². The second-order valence-corrected chi connectivity index (χ2v) is 5.36. The Morgan fingerprint density at radius 2 is 2.05 bits per heavy atom. The van der Waals surface area contributed by atoms with Gasteiger partial charge < -0.3 is 9.84 Å². The number of benzene rings is 1. The zero-order chi connectivity index (χ0) is 15.2. The molecule has 1 amide bonds. The van der Waals surface area contributed by atoms with Gasteiger partial charge in [-0.15, -0.1) is 0 Å². The summed E-state index contributed by atoms with van der Waals surface area (Å²) in [6.45, 7) is 7.01. The van der Waals surface area contributed by atoms with Gasteiger partial charge in [0.15, 0.2) is 5.82 Å². The Kier molecular flexibility index (Phi) is 5.11. The minimum atomic E-state index is -0.0899. The number of anilines is 1. The molecule has 2 aromatic rings. The van der Waals surface area contributed by atoms with Crippen molar-refractivity contribution in [3.8, 4) is 0 Å². The van der Waals surface area contributed by atoms with E-state index >= 15 is 0 Å². The third-order valence-corrected chi connectivity index (χ3v) is 3.20. The van der Waals surface area contributed by atoms with Crippen molar-refractivity contribution in [1.29, 1.82) is 0 Å². The molecule has 21 heavy (non-hydrogen) atoms. The summed E-state index contributed by atoms with van der Waals surface area (Å²) < 4.78 is 4.94. The first-order valence-electron chi connectivity index (χ1n) is 7.05. The van der Waals surface area contributed by atoms with Crippen LogP contribution in [-0.4, -0.2) is 28.6 Å².